The second-order valence-electron chi connectivity index (χ2n) is 7.44. The molecule has 1 aromatic heterocycles. The molecule has 0 aliphatic carbocycles. The largest absolute Gasteiger partial charge is 0.496 e. The van der Waals surface area contributed by atoms with E-state index < -0.39 is 0 Å². The quantitative estimate of drug-likeness (QED) is 0.495. The molecule has 1 saturated heterocycles. The maximum atomic E-state index is 12.0. The van der Waals surface area contributed by atoms with Crippen LogP contribution in [0.2, 0.25) is 0 Å². The molecule has 0 N–H and O–H groups in total. The van der Waals surface area contributed by atoms with Crippen LogP contribution in [-0.2, 0) is 11.3 Å². The molecule has 0 saturated carbocycles. The SMILES string of the molecule is COc1cccc(OC)c1C1CCCC(C=O)N1Cc1cccc(-c2nccs2)c1. The Bertz CT molecular complexity index is 968. The predicted octanol–water partition coefficient (Wildman–Crippen LogP) is 5.12. The Morgan fingerprint density at radius 2 is 1.90 bits per heavy atom. The van der Waals surface area contributed by atoms with Crippen molar-refractivity contribution in [3.05, 3.63) is 65.2 Å². The molecule has 2 unspecified atom stereocenters. The van der Waals surface area contributed by atoms with E-state index in [1.807, 2.05) is 29.8 Å². The Morgan fingerprint density at radius 3 is 2.57 bits per heavy atom. The standard InChI is InChI=1S/C24H26N2O3S/c1-28-21-10-5-11-22(29-2)23(21)20-9-4-8-19(16-27)26(20)15-17-6-3-7-18(14-17)24-25-12-13-30-24/h3,5-7,10-14,16,19-20H,4,8-9,15H2,1-2H3. The summed E-state index contributed by atoms with van der Waals surface area (Å²) in [6.07, 6.45) is 5.71. The Morgan fingerprint density at radius 1 is 1.13 bits per heavy atom. The molecule has 1 fully saturated rings. The number of hydrogen-bond donors (Lipinski definition) is 0. The lowest BCUT2D eigenvalue weighted by atomic mass is 9.89. The van der Waals surface area contributed by atoms with Crippen molar-refractivity contribution >= 4 is 17.6 Å². The highest BCUT2D eigenvalue weighted by molar-refractivity contribution is 7.13. The third-order valence-electron chi connectivity index (χ3n) is 5.73. The number of ether oxygens (including phenoxy) is 2. The second-order valence-corrected chi connectivity index (χ2v) is 8.33. The minimum Gasteiger partial charge on any atom is -0.496 e. The number of carbonyl (C=O) groups is 1. The number of piperidine rings is 1. The highest BCUT2D eigenvalue weighted by Crippen LogP contribution is 2.43. The summed E-state index contributed by atoms with van der Waals surface area (Å²) in [5, 5.41) is 2.99. The van der Waals surface area contributed by atoms with E-state index in [1.165, 1.54) is 0 Å². The number of aromatic nitrogens is 1. The number of rotatable bonds is 7. The van der Waals surface area contributed by atoms with Gasteiger partial charge in [0.25, 0.3) is 0 Å². The van der Waals surface area contributed by atoms with Crippen LogP contribution in [-0.4, -0.2) is 36.4 Å². The lowest BCUT2D eigenvalue weighted by Crippen LogP contribution is -2.42. The average molecular weight is 423 g/mol. The number of benzene rings is 2. The minimum atomic E-state index is -0.137. The van der Waals surface area contributed by atoms with E-state index in [9.17, 15) is 4.79 Å². The van der Waals surface area contributed by atoms with E-state index in [2.05, 4.69) is 34.1 Å². The molecule has 0 amide bonds. The number of likely N-dealkylation sites (tertiary alicyclic amines) is 1. The lowest BCUT2D eigenvalue weighted by molar-refractivity contribution is -0.115. The molecule has 4 rings (SSSR count). The molecule has 156 valence electrons. The van der Waals surface area contributed by atoms with E-state index in [0.717, 1.165) is 58.7 Å². The van der Waals surface area contributed by atoms with Gasteiger partial charge < -0.3 is 14.3 Å². The van der Waals surface area contributed by atoms with E-state index >= 15 is 0 Å². The number of nitrogens with zero attached hydrogens (tertiary/aromatic N) is 2. The summed E-state index contributed by atoms with van der Waals surface area (Å²) in [7, 11) is 3.36. The molecule has 3 aromatic rings. The van der Waals surface area contributed by atoms with E-state index in [-0.39, 0.29) is 12.1 Å². The third-order valence-corrected chi connectivity index (χ3v) is 6.55. The van der Waals surface area contributed by atoms with Crippen molar-refractivity contribution in [1.82, 2.24) is 9.88 Å². The van der Waals surface area contributed by atoms with Gasteiger partial charge in [-0.3, -0.25) is 4.90 Å². The number of aldehydes is 1. The predicted molar refractivity (Wildman–Crippen MR) is 119 cm³/mol. The van der Waals surface area contributed by atoms with Crippen LogP contribution in [0, 0.1) is 0 Å². The number of methoxy groups -OCH3 is 2. The van der Waals surface area contributed by atoms with Crippen LogP contribution in [0.15, 0.2) is 54.0 Å². The summed E-state index contributed by atoms with van der Waals surface area (Å²) in [4.78, 5) is 18.7. The van der Waals surface area contributed by atoms with Crippen molar-refractivity contribution in [3.8, 4) is 22.1 Å². The van der Waals surface area contributed by atoms with Gasteiger partial charge in [0.05, 0.1) is 25.8 Å². The molecule has 6 heteroatoms. The maximum absolute atomic E-state index is 12.0. The van der Waals surface area contributed by atoms with Gasteiger partial charge in [0, 0.05) is 29.7 Å². The molecular formula is C24H26N2O3S. The topological polar surface area (TPSA) is 51.7 Å². The van der Waals surface area contributed by atoms with Gasteiger partial charge in [-0.25, -0.2) is 4.98 Å². The summed E-state index contributed by atoms with van der Waals surface area (Å²) in [5.41, 5.74) is 3.29. The third kappa shape index (κ3) is 4.11. The van der Waals surface area contributed by atoms with Crippen LogP contribution in [0.25, 0.3) is 10.6 Å². The Balaban J connectivity index is 1.71. The van der Waals surface area contributed by atoms with Crippen molar-refractivity contribution in [2.24, 2.45) is 0 Å². The molecule has 5 nitrogen and oxygen atoms in total. The van der Waals surface area contributed by atoms with Crippen molar-refractivity contribution in [2.75, 3.05) is 14.2 Å². The minimum absolute atomic E-state index is 0.0450. The molecule has 0 spiro atoms. The number of hydrogen-bond acceptors (Lipinski definition) is 6. The zero-order valence-corrected chi connectivity index (χ0v) is 18.1. The van der Waals surface area contributed by atoms with E-state index in [0.29, 0.717) is 6.54 Å². The van der Waals surface area contributed by atoms with Crippen LogP contribution >= 0.6 is 11.3 Å². The van der Waals surface area contributed by atoms with Crippen LogP contribution < -0.4 is 9.47 Å². The van der Waals surface area contributed by atoms with Gasteiger partial charge in [0.2, 0.25) is 0 Å². The van der Waals surface area contributed by atoms with Crippen LogP contribution in [0.1, 0.15) is 36.4 Å². The number of carbonyl (C=O) groups excluding carboxylic acids is 1. The molecule has 0 bridgehead atoms. The first kappa shape index (κ1) is 20.6. The average Bonchev–Trinajstić information content (AvgIpc) is 3.34. The van der Waals surface area contributed by atoms with Crippen molar-refractivity contribution in [1.29, 1.82) is 0 Å². The molecule has 1 aliphatic rings. The summed E-state index contributed by atoms with van der Waals surface area (Å²) in [5.74, 6) is 1.60. The van der Waals surface area contributed by atoms with Gasteiger partial charge in [0.15, 0.2) is 0 Å². The Labute approximate surface area is 181 Å². The fourth-order valence-electron chi connectivity index (χ4n) is 4.35. The molecule has 2 heterocycles. The molecule has 2 aromatic carbocycles. The fraction of sp³-hybridized carbons (Fsp3) is 0.333. The Kier molecular flexibility index (Phi) is 6.45. The highest BCUT2D eigenvalue weighted by Gasteiger charge is 2.34. The lowest BCUT2D eigenvalue weighted by Gasteiger charge is -2.41. The fourth-order valence-corrected chi connectivity index (χ4v) is 4.99. The van der Waals surface area contributed by atoms with Gasteiger partial charge in [-0.05, 0) is 43.0 Å². The summed E-state index contributed by atoms with van der Waals surface area (Å²) < 4.78 is 11.3. The second kappa shape index (κ2) is 9.41. The Hall–Kier alpha value is -2.70. The summed E-state index contributed by atoms with van der Waals surface area (Å²) in [6, 6.07) is 14.2. The first-order valence-electron chi connectivity index (χ1n) is 10.2. The molecule has 2 atom stereocenters. The van der Waals surface area contributed by atoms with Gasteiger partial charge in [-0.1, -0.05) is 24.3 Å². The van der Waals surface area contributed by atoms with Crippen molar-refractivity contribution in [2.45, 2.75) is 37.9 Å². The van der Waals surface area contributed by atoms with Crippen LogP contribution in [0.5, 0.6) is 11.5 Å². The van der Waals surface area contributed by atoms with Gasteiger partial charge in [0.1, 0.15) is 22.8 Å². The highest BCUT2D eigenvalue weighted by atomic mass is 32.1. The van der Waals surface area contributed by atoms with E-state index in [4.69, 9.17) is 9.47 Å². The smallest absolute Gasteiger partial charge is 0.137 e. The normalized spacial score (nSPS) is 19.4. The summed E-state index contributed by atoms with van der Waals surface area (Å²) in [6.45, 7) is 0.675. The molecule has 1 aliphatic heterocycles. The van der Waals surface area contributed by atoms with Gasteiger partial charge in [-0.15, -0.1) is 11.3 Å². The van der Waals surface area contributed by atoms with Crippen molar-refractivity contribution in [3.63, 3.8) is 0 Å². The zero-order valence-electron chi connectivity index (χ0n) is 17.3. The van der Waals surface area contributed by atoms with Crippen LogP contribution in [0.3, 0.4) is 0 Å². The zero-order chi connectivity index (χ0) is 20.9. The monoisotopic (exact) mass is 422 g/mol. The molecular weight excluding hydrogens is 396 g/mol. The number of thiazole rings is 1. The van der Waals surface area contributed by atoms with Gasteiger partial charge in [-0.2, -0.15) is 0 Å². The van der Waals surface area contributed by atoms with Crippen LogP contribution in [0.4, 0.5) is 0 Å². The molecule has 30 heavy (non-hydrogen) atoms. The van der Waals surface area contributed by atoms with E-state index in [1.54, 1.807) is 25.6 Å². The molecule has 0 radical (unpaired) electrons. The van der Waals surface area contributed by atoms with Crippen molar-refractivity contribution < 1.29 is 14.3 Å². The maximum Gasteiger partial charge on any atom is 0.137 e. The first-order chi connectivity index (χ1) is 14.7. The first-order valence-corrected chi connectivity index (χ1v) is 11.0. The summed E-state index contributed by atoms with van der Waals surface area (Å²) >= 11 is 1.63. The van der Waals surface area contributed by atoms with Gasteiger partial charge >= 0.3 is 0 Å².